The summed E-state index contributed by atoms with van der Waals surface area (Å²) in [4.78, 5) is 11.4. The third kappa shape index (κ3) is 3.27. The van der Waals surface area contributed by atoms with Crippen molar-refractivity contribution in [2.24, 2.45) is 0 Å². The van der Waals surface area contributed by atoms with Gasteiger partial charge in [0.1, 0.15) is 12.9 Å². The molecule has 0 bridgehead atoms. The molecule has 2 rings (SSSR count). The fourth-order valence-corrected chi connectivity index (χ4v) is 1.84. The van der Waals surface area contributed by atoms with Crippen molar-refractivity contribution in [3.63, 3.8) is 0 Å². The topological polar surface area (TPSA) is 84.7 Å². The lowest BCUT2D eigenvalue weighted by atomic mass is 10.1. The van der Waals surface area contributed by atoms with Gasteiger partial charge >= 0.3 is 0 Å². The van der Waals surface area contributed by atoms with Gasteiger partial charge < -0.3 is 10.6 Å². The Morgan fingerprint density at radius 1 is 1.62 bits per heavy atom. The highest BCUT2D eigenvalue weighted by Gasteiger charge is 2.13. The predicted octanol–water partition coefficient (Wildman–Crippen LogP) is -1.07. The molecule has 2 heterocycles. The molecule has 16 heavy (non-hydrogen) atoms. The number of hydrogen-bond acceptors (Lipinski definition) is 5. The monoisotopic (exact) mass is 224 g/mol. The number of hydrogen-bond donors (Lipinski definition) is 2. The maximum absolute atomic E-state index is 11.4. The summed E-state index contributed by atoms with van der Waals surface area (Å²) in [6, 6.07) is 0.563. The van der Waals surface area contributed by atoms with Crippen LogP contribution in [0, 0.1) is 0 Å². The first-order valence-electron chi connectivity index (χ1n) is 5.55. The van der Waals surface area contributed by atoms with E-state index >= 15 is 0 Å². The molecule has 7 nitrogen and oxygen atoms in total. The number of tetrazole rings is 1. The van der Waals surface area contributed by atoms with Gasteiger partial charge in [-0.3, -0.25) is 4.79 Å². The number of aromatic nitrogens is 4. The molecular weight excluding hydrogens is 208 g/mol. The van der Waals surface area contributed by atoms with Crippen LogP contribution in [0.1, 0.15) is 19.3 Å². The van der Waals surface area contributed by atoms with Crippen molar-refractivity contribution in [2.75, 3.05) is 13.1 Å². The van der Waals surface area contributed by atoms with Gasteiger partial charge in [0.05, 0.1) is 0 Å². The van der Waals surface area contributed by atoms with Crippen LogP contribution >= 0.6 is 0 Å². The lowest BCUT2D eigenvalue weighted by Gasteiger charge is -2.10. The van der Waals surface area contributed by atoms with Gasteiger partial charge in [0.25, 0.3) is 0 Å². The highest BCUT2D eigenvalue weighted by molar-refractivity contribution is 5.75. The minimum atomic E-state index is -0.0507. The Labute approximate surface area is 93.6 Å². The second-order valence-electron chi connectivity index (χ2n) is 3.94. The molecule has 1 unspecified atom stereocenters. The number of carbonyl (C=O) groups is 1. The molecule has 1 aliphatic rings. The van der Waals surface area contributed by atoms with Crippen LogP contribution in [0.15, 0.2) is 6.33 Å². The summed E-state index contributed by atoms with van der Waals surface area (Å²) in [6.45, 7) is 1.99. The molecule has 1 aromatic rings. The van der Waals surface area contributed by atoms with E-state index in [0.29, 0.717) is 12.6 Å². The molecular formula is C9H16N6O. The molecule has 0 aliphatic carbocycles. The normalized spacial score (nSPS) is 19.9. The second kappa shape index (κ2) is 5.55. The lowest BCUT2D eigenvalue weighted by Crippen LogP contribution is -2.32. The van der Waals surface area contributed by atoms with Gasteiger partial charge in [0.2, 0.25) is 5.91 Å². The van der Waals surface area contributed by atoms with Gasteiger partial charge in [-0.25, -0.2) is 4.68 Å². The fraction of sp³-hybridized carbons (Fsp3) is 0.778. The van der Waals surface area contributed by atoms with E-state index in [2.05, 4.69) is 26.2 Å². The van der Waals surface area contributed by atoms with Crippen molar-refractivity contribution in [2.45, 2.75) is 31.8 Å². The largest absolute Gasteiger partial charge is 0.354 e. The van der Waals surface area contributed by atoms with Crippen LogP contribution in [-0.4, -0.2) is 45.2 Å². The first-order valence-corrected chi connectivity index (χ1v) is 5.55. The quantitative estimate of drug-likeness (QED) is 0.665. The summed E-state index contributed by atoms with van der Waals surface area (Å²) < 4.78 is 1.41. The summed E-state index contributed by atoms with van der Waals surface area (Å²) >= 11 is 0. The van der Waals surface area contributed by atoms with Crippen molar-refractivity contribution in [1.29, 1.82) is 0 Å². The van der Waals surface area contributed by atoms with Crippen molar-refractivity contribution >= 4 is 5.91 Å². The molecule has 1 aliphatic heterocycles. The van der Waals surface area contributed by atoms with E-state index in [1.54, 1.807) is 0 Å². The van der Waals surface area contributed by atoms with Crippen LogP contribution in [-0.2, 0) is 11.3 Å². The number of carbonyl (C=O) groups excluding carboxylic acids is 1. The molecule has 0 aromatic carbocycles. The van der Waals surface area contributed by atoms with Crippen molar-refractivity contribution < 1.29 is 4.79 Å². The summed E-state index contributed by atoms with van der Waals surface area (Å²) in [7, 11) is 0. The van der Waals surface area contributed by atoms with Gasteiger partial charge in [0.15, 0.2) is 0 Å². The summed E-state index contributed by atoms with van der Waals surface area (Å²) in [5.74, 6) is -0.0507. The third-order valence-corrected chi connectivity index (χ3v) is 2.67. The van der Waals surface area contributed by atoms with Gasteiger partial charge in [-0.15, -0.1) is 5.10 Å². The maximum atomic E-state index is 11.4. The zero-order valence-electron chi connectivity index (χ0n) is 9.09. The zero-order chi connectivity index (χ0) is 11.2. The summed E-state index contributed by atoms with van der Waals surface area (Å²) in [6.07, 6.45) is 4.87. The summed E-state index contributed by atoms with van der Waals surface area (Å²) in [5.41, 5.74) is 0. The van der Waals surface area contributed by atoms with E-state index in [9.17, 15) is 4.79 Å². The van der Waals surface area contributed by atoms with Crippen LogP contribution in [0.2, 0.25) is 0 Å². The standard InChI is InChI=1S/C9H16N6O/c16-9(6-15-7-12-13-14-15)11-5-3-8-2-1-4-10-8/h7-8,10H,1-6H2,(H,11,16). The number of nitrogens with zero attached hydrogens (tertiary/aromatic N) is 4. The molecule has 88 valence electrons. The van der Waals surface area contributed by atoms with E-state index in [4.69, 9.17) is 0 Å². The average Bonchev–Trinajstić information content (AvgIpc) is 2.90. The van der Waals surface area contributed by atoms with Crippen LogP contribution in [0.4, 0.5) is 0 Å². The smallest absolute Gasteiger partial charge is 0.241 e. The second-order valence-corrected chi connectivity index (χ2v) is 3.94. The van der Waals surface area contributed by atoms with Crippen LogP contribution < -0.4 is 10.6 Å². The van der Waals surface area contributed by atoms with E-state index in [-0.39, 0.29) is 12.5 Å². The van der Waals surface area contributed by atoms with Gasteiger partial charge in [-0.2, -0.15) is 0 Å². The van der Waals surface area contributed by atoms with E-state index in [1.165, 1.54) is 23.9 Å². The average molecular weight is 224 g/mol. The van der Waals surface area contributed by atoms with Crippen LogP contribution in [0.3, 0.4) is 0 Å². The molecule has 1 saturated heterocycles. The van der Waals surface area contributed by atoms with Gasteiger partial charge in [-0.1, -0.05) is 0 Å². The SMILES string of the molecule is O=C(Cn1cnnn1)NCCC1CCCN1. The Balaban J connectivity index is 1.60. The van der Waals surface area contributed by atoms with Crippen molar-refractivity contribution in [3.05, 3.63) is 6.33 Å². The molecule has 2 N–H and O–H groups in total. The number of rotatable bonds is 5. The van der Waals surface area contributed by atoms with E-state index < -0.39 is 0 Å². The Morgan fingerprint density at radius 2 is 2.56 bits per heavy atom. The molecule has 7 heteroatoms. The first-order chi connectivity index (χ1) is 7.84. The maximum Gasteiger partial charge on any atom is 0.241 e. The van der Waals surface area contributed by atoms with Crippen molar-refractivity contribution in [3.8, 4) is 0 Å². The molecule has 0 saturated carbocycles. The van der Waals surface area contributed by atoms with Crippen LogP contribution in [0.5, 0.6) is 0 Å². The molecule has 1 amide bonds. The minimum Gasteiger partial charge on any atom is -0.354 e. The Hall–Kier alpha value is -1.50. The van der Waals surface area contributed by atoms with Crippen molar-refractivity contribution in [1.82, 2.24) is 30.8 Å². The molecule has 0 radical (unpaired) electrons. The molecule has 1 aromatic heterocycles. The number of nitrogens with one attached hydrogen (secondary N) is 2. The van der Waals surface area contributed by atoms with E-state index in [1.807, 2.05) is 0 Å². The highest BCUT2D eigenvalue weighted by atomic mass is 16.2. The first kappa shape index (κ1) is 11.0. The lowest BCUT2D eigenvalue weighted by molar-refractivity contribution is -0.121. The minimum absolute atomic E-state index is 0.0507. The predicted molar refractivity (Wildman–Crippen MR) is 56.5 cm³/mol. The highest BCUT2D eigenvalue weighted by Crippen LogP contribution is 2.07. The summed E-state index contributed by atoms with van der Waals surface area (Å²) in [5, 5.41) is 16.8. The molecule has 1 atom stereocenters. The fourth-order valence-electron chi connectivity index (χ4n) is 1.84. The zero-order valence-corrected chi connectivity index (χ0v) is 9.09. The molecule has 0 spiro atoms. The van der Waals surface area contributed by atoms with E-state index in [0.717, 1.165) is 13.0 Å². The Kier molecular flexibility index (Phi) is 3.81. The number of amides is 1. The van der Waals surface area contributed by atoms with Gasteiger partial charge in [0, 0.05) is 12.6 Å². The Morgan fingerprint density at radius 3 is 3.25 bits per heavy atom. The van der Waals surface area contributed by atoms with Crippen LogP contribution in [0.25, 0.3) is 0 Å². The third-order valence-electron chi connectivity index (χ3n) is 2.67. The Bertz CT molecular complexity index is 319. The van der Waals surface area contributed by atoms with Gasteiger partial charge in [-0.05, 0) is 36.2 Å². The molecule has 1 fully saturated rings.